The topological polar surface area (TPSA) is 58.6 Å². The van der Waals surface area contributed by atoms with E-state index in [1.807, 2.05) is 0 Å². The summed E-state index contributed by atoms with van der Waals surface area (Å²) in [5, 5.41) is 3.83. The number of rotatable bonds is 4. The highest BCUT2D eigenvalue weighted by Gasteiger charge is 2.34. The monoisotopic (exact) mass is 394 g/mol. The van der Waals surface area contributed by atoms with Crippen molar-refractivity contribution in [3.63, 3.8) is 0 Å². The van der Waals surface area contributed by atoms with Crippen LogP contribution in [0.2, 0.25) is 10.0 Å². The standard InChI is InChI=1S/C17H12Cl2N2O3S/c18-10-5-6-14(13(19)9-10)20-17(25)24-8-7-21-15(22)11-3-1-2-4-12(11)16(21)23/h1-6,9H,7-8H2,(H,20,25). The molecule has 0 fully saturated rings. The van der Waals surface area contributed by atoms with Crippen LogP contribution in [0.1, 0.15) is 20.7 Å². The van der Waals surface area contributed by atoms with Gasteiger partial charge in [0.1, 0.15) is 6.61 Å². The van der Waals surface area contributed by atoms with Gasteiger partial charge in [-0.15, -0.1) is 0 Å². The Morgan fingerprint density at radius 3 is 2.32 bits per heavy atom. The molecule has 0 unspecified atom stereocenters. The van der Waals surface area contributed by atoms with E-state index in [9.17, 15) is 9.59 Å². The van der Waals surface area contributed by atoms with E-state index in [-0.39, 0.29) is 30.1 Å². The molecule has 1 aliphatic rings. The molecule has 1 heterocycles. The van der Waals surface area contributed by atoms with Gasteiger partial charge in [-0.05, 0) is 42.5 Å². The Hall–Kier alpha value is -2.15. The number of halogens is 2. The Morgan fingerprint density at radius 1 is 1.08 bits per heavy atom. The fraction of sp³-hybridized carbons (Fsp3) is 0.118. The molecule has 8 heteroatoms. The third kappa shape index (κ3) is 3.76. The summed E-state index contributed by atoms with van der Waals surface area (Å²) in [4.78, 5) is 25.6. The van der Waals surface area contributed by atoms with Crippen LogP contribution in [0.25, 0.3) is 0 Å². The van der Waals surface area contributed by atoms with E-state index in [0.717, 1.165) is 4.90 Å². The highest BCUT2D eigenvalue weighted by Crippen LogP contribution is 2.25. The van der Waals surface area contributed by atoms with Crippen LogP contribution in [0, 0.1) is 0 Å². The molecule has 0 aliphatic carbocycles. The minimum atomic E-state index is -0.330. The number of anilines is 1. The third-order valence-corrected chi connectivity index (χ3v) is 4.36. The lowest BCUT2D eigenvalue weighted by Crippen LogP contribution is -2.33. The molecule has 0 bridgehead atoms. The number of hydrogen-bond acceptors (Lipinski definition) is 4. The lowest BCUT2D eigenvalue weighted by Gasteiger charge is -2.15. The number of carbonyl (C=O) groups excluding carboxylic acids is 2. The molecule has 0 radical (unpaired) electrons. The number of hydrogen-bond donors (Lipinski definition) is 1. The van der Waals surface area contributed by atoms with Crippen molar-refractivity contribution in [3.8, 4) is 0 Å². The molecule has 0 aromatic heterocycles. The zero-order valence-electron chi connectivity index (χ0n) is 12.8. The number of thiocarbonyl (C=S) groups is 1. The van der Waals surface area contributed by atoms with Crippen LogP contribution in [-0.4, -0.2) is 35.0 Å². The maximum atomic E-state index is 12.2. The van der Waals surface area contributed by atoms with Gasteiger partial charge in [-0.1, -0.05) is 35.3 Å². The Kier molecular flexibility index (Phi) is 5.22. The minimum Gasteiger partial charge on any atom is -0.469 e. The molecule has 0 atom stereocenters. The van der Waals surface area contributed by atoms with Gasteiger partial charge in [0.2, 0.25) is 0 Å². The molecule has 0 saturated heterocycles. The summed E-state index contributed by atoms with van der Waals surface area (Å²) in [5.74, 6) is -0.660. The van der Waals surface area contributed by atoms with Crippen LogP contribution < -0.4 is 5.32 Å². The van der Waals surface area contributed by atoms with Gasteiger partial charge >= 0.3 is 0 Å². The van der Waals surface area contributed by atoms with Crippen LogP contribution in [0.5, 0.6) is 0 Å². The van der Waals surface area contributed by atoms with Crippen molar-refractivity contribution in [1.82, 2.24) is 4.90 Å². The summed E-state index contributed by atoms with van der Waals surface area (Å²) < 4.78 is 5.37. The molecule has 2 aromatic carbocycles. The van der Waals surface area contributed by atoms with E-state index >= 15 is 0 Å². The second-order valence-corrected chi connectivity index (χ2v) is 6.41. The predicted molar refractivity (Wildman–Crippen MR) is 100 cm³/mol. The largest absolute Gasteiger partial charge is 0.469 e. The molecule has 2 aromatic rings. The quantitative estimate of drug-likeness (QED) is 0.627. The maximum Gasteiger partial charge on any atom is 0.261 e. The summed E-state index contributed by atoms with van der Waals surface area (Å²) in [6, 6.07) is 11.6. The number of fused-ring (bicyclic) bond motifs is 1. The fourth-order valence-electron chi connectivity index (χ4n) is 2.41. The Morgan fingerprint density at radius 2 is 1.72 bits per heavy atom. The van der Waals surface area contributed by atoms with Crippen LogP contribution in [-0.2, 0) is 4.74 Å². The molecule has 0 spiro atoms. The van der Waals surface area contributed by atoms with Crippen molar-refractivity contribution in [2.24, 2.45) is 0 Å². The second kappa shape index (κ2) is 7.39. The SMILES string of the molecule is O=C1c2ccccc2C(=O)N1CCOC(=S)Nc1ccc(Cl)cc1Cl. The van der Waals surface area contributed by atoms with Crippen LogP contribution >= 0.6 is 35.4 Å². The molecular formula is C17H12Cl2N2O3S. The fourth-order valence-corrected chi connectivity index (χ4v) is 3.06. The maximum absolute atomic E-state index is 12.2. The van der Waals surface area contributed by atoms with E-state index in [2.05, 4.69) is 5.32 Å². The second-order valence-electron chi connectivity index (χ2n) is 5.19. The van der Waals surface area contributed by atoms with E-state index in [1.54, 1.807) is 42.5 Å². The smallest absolute Gasteiger partial charge is 0.261 e. The van der Waals surface area contributed by atoms with Crippen LogP contribution in [0.4, 0.5) is 5.69 Å². The average molecular weight is 395 g/mol. The van der Waals surface area contributed by atoms with Crippen molar-refractivity contribution >= 4 is 58.1 Å². The lowest BCUT2D eigenvalue weighted by molar-refractivity contribution is 0.0629. The van der Waals surface area contributed by atoms with Crippen LogP contribution in [0.3, 0.4) is 0 Å². The van der Waals surface area contributed by atoms with Gasteiger partial charge in [0, 0.05) is 5.02 Å². The molecule has 128 valence electrons. The van der Waals surface area contributed by atoms with Gasteiger partial charge in [-0.2, -0.15) is 0 Å². The first-order chi connectivity index (χ1) is 12.0. The molecule has 5 nitrogen and oxygen atoms in total. The van der Waals surface area contributed by atoms with Crippen molar-refractivity contribution in [2.45, 2.75) is 0 Å². The van der Waals surface area contributed by atoms with Crippen LogP contribution in [0.15, 0.2) is 42.5 Å². The first-order valence-electron chi connectivity index (χ1n) is 7.31. The Labute approximate surface area is 159 Å². The number of benzene rings is 2. The zero-order chi connectivity index (χ0) is 18.0. The van der Waals surface area contributed by atoms with E-state index < -0.39 is 0 Å². The molecule has 3 rings (SSSR count). The summed E-state index contributed by atoms with van der Waals surface area (Å²) >= 11 is 17.0. The molecule has 25 heavy (non-hydrogen) atoms. The summed E-state index contributed by atoms with van der Waals surface area (Å²) in [6.07, 6.45) is 0. The van der Waals surface area contributed by atoms with E-state index in [4.69, 9.17) is 40.2 Å². The van der Waals surface area contributed by atoms with Gasteiger partial charge in [0.25, 0.3) is 17.0 Å². The molecule has 0 saturated carbocycles. The van der Waals surface area contributed by atoms with Gasteiger partial charge in [0.15, 0.2) is 0 Å². The first kappa shape index (κ1) is 17.7. The minimum absolute atomic E-state index is 0.0719. The number of nitrogens with one attached hydrogen (secondary N) is 1. The normalized spacial score (nSPS) is 13.0. The van der Waals surface area contributed by atoms with Crippen molar-refractivity contribution in [3.05, 3.63) is 63.6 Å². The lowest BCUT2D eigenvalue weighted by atomic mass is 10.1. The van der Waals surface area contributed by atoms with E-state index in [0.29, 0.717) is 26.9 Å². The Bertz CT molecular complexity index is 838. The Balaban J connectivity index is 1.54. The number of ether oxygens (including phenoxy) is 1. The summed E-state index contributed by atoms with van der Waals surface area (Å²) in [5.41, 5.74) is 1.36. The molecule has 2 amide bonds. The number of carbonyl (C=O) groups is 2. The molecule has 1 N–H and O–H groups in total. The van der Waals surface area contributed by atoms with Gasteiger partial charge in [-0.25, -0.2) is 0 Å². The first-order valence-corrected chi connectivity index (χ1v) is 8.48. The van der Waals surface area contributed by atoms with Crippen molar-refractivity contribution in [2.75, 3.05) is 18.5 Å². The van der Waals surface area contributed by atoms with E-state index in [1.165, 1.54) is 0 Å². The average Bonchev–Trinajstić information content (AvgIpc) is 2.83. The highest BCUT2D eigenvalue weighted by molar-refractivity contribution is 7.80. The number of nitrogens with zero attached hydrogens (tertiary/aromatic N) is 1. The molecule has 1 aliphatic heterocycles. The zero-order valence-corrected chi connectivity index (χ0v) is 15.1. The van der Waals surface area contributed by atoms with Crippen molar-refractivity contribution in [1.29, 1.82) is 0 Å². The summed E-state index contributed by atoms with van der Waals surface area (Å²) in [6.45, 7) is 0.172. The third-order valence-electron chi connectivity index (χ3n) is 3.59. The van der Waals surface area contributed by atoms with Gasteiger partial charge in [0.05, 0.1) is 28.4 Å². The highest BCUT2D eigenvalue weighted by atomic mass is 35.5. The van der Waals surface area contributed by atoms with Gasteiger partial charge in [-0.3, -0.25) is 14.5 Å². The number of imide groups is 1. The summed E-state index contributed by atoms with van der Waals surface area (Å²) in [7, 11) is 0. The van der Waals surface area contributed by atoms with Crippen molar-refractivity contribution < 1.29 is 14.3 Å². The van der Waals surface area contributed by atoms with Gasteiger partial charge < -0.3 is 10.1 Å². The number of amides is 2. The molecular weight excluding hydrogens is 383 g/mol. The predicted octanol–water partition coefficient (Wildman–Crippen LogP) is 4.00.